The minimum absolute atomic E-state index is 1.23. The van der Waals surface area contributed by atoms with Gasteiger partial charge in [-0.05, 0) is 63.5 Å². The number of fused-ring (bicyclic) bond motifs is 4. The average Bonchev–Trinajstić information content (AvgIpc) is 3.56. The van der Waals surface area contributed by atoms with Crippen molar-refractivity contribution in [1.82, 2.24) is 0 Å². The Morgan fingerprint density at radius 3 is 1.00 bits per heavy atom. The van der Waals surface area contributed by atoms with Crippen LogP contribution in [0.3, 0.4) is 0 Å². The van der Waals surface area contributed by atoms with Gasteiger partial charge in [0.1, 0.15) is 0 Å². The van der Waals surface area contributed by atoms with Gasteiger partial charge in [0.2, 0.25) is 11.4 Å². The lowest BCUT2D eigenvalue weighted by Crippen LogP contribution is -2.42. The predicted molar refractivity (Wildman–Crippen MR) is 118 cm³/mol. The highest BCUT2D eigenvalue weighted by molar-refractivity contribution is 5.39. The molecule has 0 N–H and O–H groups in total. The minimum atomic E-state index is 1.23. The van der Waals surface area contributed by atoms with E-state index in [1.54, 1.807) is 45.0 Å². The van der Waals surface area contributed by atoms with Crippen molar-refractivity contribution in [3.8, 4) is 11.4 Å². The predicted octanol–water partition coefficient (Wildman–Crippen LogP) is 4.19. The van der Waals surface area contributed by atoms with Crippen LogP contribution in [0.1, 0.15) is 70.7 Å². The van der Waals surface area contributed by atoms with Gasteiger partial charge in [0.15, 0.2) is 22.8 Å². The maximum atomic E-state index is 2.64. The van der Waals surface area contributed by atoms with Gasteiger partial charge in [-0.25, -0.2) is 0 Å². The zero-order valence-electron chi connectivity index (χ0n) is 17.8. The van der Waals surface area contributed by atoms with E-state index < -0.39 is 0 Å². The molecule has 2 aromatic heterocycles. The van der Waals surface area contributed by atoms with Crippen molar-refractivity contribution in [2.24, 2.45) is 0 Å². The molecule has 2 nitrogen and oxygen atoms in total. The molecule has 0 aliphatic heterocycles. The smallest absolute Gasteiger partial charge is 0.161 e. The first-order chi connectivity index (χ1) is 14.9. The Hall–Kier alpha value is -2.48. The van der Waals surface area contributed by atoms with Crippen molar-refractivity contribution in [1.29, 1.82) is 0 Å². The van der Waals surface area contributed by atoms with E-state index in [-0.39, 0.29) is 0 Å². The number of aryl methyl sites for hydroxylation is 4. The van der Waals surface area contributed by atoms with E-state index in [2.05, 4.69) is 45.5 Å². The second-order valence-corrected chi connectivity index (χ2v) is 9.78. The molecule has 0 spiro atoms. The highest BCUT2D eigenvalue weighted by atomic mass is 15.0. The van der Waals surface area contributed by atoms with Gasteiger partial charge in [0.25, 0.3) is 0 Å². The van der Waals surface area contributed by atoms with Crippen LogP contribution in [0.15, 0.2) is 36.4 Å². The lowest BCUT2D eigenvalue weighted by molar-refractivity contribution is -0.616. The van der Waals surface area contributed by atoms with Crippen LogP contribution in [0.2, 0.25) is 0 Å². The van der Waals surface area contributed by atoms with Crippen LogP contribution in [0.5, 0.6) is 0 Å². The van der Waals surface area contributed by atoms with E-state index in [4.69, 9.17) is 0 Å². The Labute approximate surface area is 179 Å². The van der Waals surface area contributed by atoms with Crippen LogP contribution >= 0.6 is 0 Å². The van der Waals surface area contributed by atoms with Gasteiger partial charge in [0, 0.05) is 72.2 Å². The zero-order chi connectivity index (χ0) is 19.7. The summed E-state index contributed by atoms with van der Waals surface area (Å²) in [6.07, 6.45) is 15.2. The fourth-order valence-electron chi connectivity index (χ4n) is 6.77. The highest BCUT2D eigenvalue weighted by Gasteiger charge is 2.34. The lowest BCUT2D eigenvalue weighted by atomic mass is 10.1. The Kier molecular flexibility index (Phi) is 3.74. The first kappa shape index (κ1) is 17.2. The topological polar surface area (TPSA) is 7.76 Å². The normalized spacial score (nSPS) is 18.4. The number of hydrogen-bond donors (Lipinski definition) is 0. The summed E-state index contributed by atoms with van der Waals surface area (Å²) in [6.45, 7) is 0. The Bertz CT molecular complexity index is 1030. The van der Waals surface area contributed by atoms with Gasteiger partial charge in [0.05, 0.1) is 0 Å². The first-order valence-corrected chi connectivity index (χ1v) is 12.1. The minimum Gasteiger partial charge on any atom is -0.161 e. The second kappa shape index (κ2) is 6.51. The number of aromatic nitrogens is 2. The van der Waals surface area contributed by atoms with Gasteiger partial charge >= 0.3 is 0 Å². The van der Waals surface area contributed by atoms with Gasteiger partial charge in [-0.15, -0.1) is 0 Å². The molecule has 0 atom stereocenters. The van der Waals surface area contributed by atoms with E-state index in [0.29, 0.717) is 0 Å². The van der Waals surface area contributed by atoms with Gasteiger partial charge in [-0.3, -0.25) is 0 Å². The number of nitrogens with zero attached hydrogens (tertiary/aromatic N) is 2. The van der Waals surface area contributed by atoms with Crippen LogP contribution < -0.4 is 9.13 Å². The van der Waals surface area contributed by atoms with Gasteiger partial charge in [-0.1, -0.05) is 0 Å². The SMILES string of the molecule is c1cc(-[n+]2c3c(cc4c2CCC4)CCC3)ccc1-[n+]1c2c(cc3c1CCC3)CCC2. The van der Waals surface area contributed by atoms with Crippen LogP contribution in [-0.2, 0) is 51.4 Å². The van der Waals surface area contributed by atoms with E-state index in [0.717, 1.165) is 0 Å². The molecule has 0 radical (unpaired) electrons. The summed E-state index contributed by atoms with van der Waals surface area (Å²) < 4.78 is 5.28. The van der Waals surface area contributed by atoms with Crippen LogP contribution in [-0.4, -0.2) is 0 Å². The summed E-state index contributed by atoms with van der Waals surface area (Å²) >= 11 is 0. The monoisotopic (exact) mass is 394 g/mol. The van der Waals surface area contributed by atoms with Crippen molar-refractivity contribution in [3.63, 3.8) is 0 Å². The van der Waals surface area contributed by atoms with Gasteiger partial charge in [-0.2, -0.15) is 9.13 Å². The van der Waals surface area contributed by atoms with Crippen LogP contribution in [0.4, 0.5) is 0 Å². The molecule has 0 unspecified atom stereocenters. The molecule has 7 rings (SSSR count). The lowest BCUT2D eigenvalue weighted by Gasteiger charge is -2.10. The molecule has 1 aromatic carbocycles. The molecule has 0 fully saturated rings. The summed E-state index contributed by atoms with van der Waals surface area (Å²) in [7, 11) is 0. The summed E-state index contributed by atoms with van der Waals surface area (Å²) in [4.78, 5) is 0. The Balaban J connectivity index is 1.37. The van der Waals surface area contributed by atoms with E-state index in [1.807, 2.05) is 0 Å². The fourth-order valence-corrected chi connectivity index (χ4v) is 6.77. The summed E-state index contributed by atoms with van der Waals surface area (Å²) in [5, 5.41) is 0. The fraction of sp³-hybridized carbons (Fsp3) is 0.429. The quantitative estimate of drug-likeness (QED) is 0.576. The molecule has 4 aliphatic carbocycles. The summed E-state index contributed by atoms with van der Waals surface area (Å²) in [5.74, 6) is 0. The molecular weight excluding hydrogens is 364 g/mol. The number of hydrogen-bond acceptors (Lipinski definition) is 0. The third kappa shape index (κ3) is 2.43. The van der Waals surface area contributed by atoms with Crippen molar-refractivity contribution >= 4 is 0 Å². The summed E-state index contributed by atoms with van der Waals surface area (Å²) in [5.41, 5.74) is 15.5. The molecule has 2 heteroatoms. The maximum Gasteiger partial charge on any atom is 0.211 e. The standard InChI is InChI=1S/C28H30N2/c1-5-19-17-20-6-2-10-26(20)29(25(19)9-1)23-13-15-24(16-14-23)30-27-11-3-7-21(27)18-22-8-4-12-28(22)30/h13-18H,1-12H2/q+2. The molecular formula is C28H30N2+2. The highest BCUT2D eigenvalue weighted by Crippen LogP contribution is 2.30. The largest absolute Gasteiger partial charge is 0.211 e. The maximum absolute atomic E-state index is 2.64. The third-order valence-corrected chi connectivity index (χ3v) is 8.06. The van der Waals surface area contributed by atoms with E-state index in [9.17, 15) is 0 Å². The Morgan fingerprint density at radius 1 is 0.400 bits per heavy atom. The van der Waals surface area contributed by atoms with Gasteiger partial charge < -0.3 is 0 Å². The number of rotatable bonds is 2. The first-order valence-electron chi connectivity index (χ1n) is 12.1. The van der Waals surface area contributed by atoms with Crippen molar-refractivity contribution < 1.29 is 9.13 Å². The van der Waals surface area contributed by atoms with Crippen LogP contribution in [0, 0.1) is 0 Å². The van der Waals surface area contributed by atoms with Crippen LogP contribution in [0.25, 0.3) is 11.4 Å². The Morgan fingerprint density at radius 2 is 0.700 bits per heavy atom. The number of pyridine rings is 2. The molecule has 30 heavy (non-hydrogen) atoms. The molecule has 0 amide bonds. The van der Waals surface area contributed by atoms with Crippen molar-refractivity contribution in [3.05, 3.63) is 81.4 Å². The van der Waals surface area contributed by atoms with E-state index in [1.165, 1.54) is 88.4 Å². The van der Waals surface area contributed by atoms with Crippen molar-refractivity contribution in [2.75, 3.05) is 0 Å². The van der Waals surface area contributed by atoms with E-state index >= 15 is 0 Å². The van der Waals surface area contributed by atoms with Crippen molar-refractivity contribution in [2.45, 2.75) is 77.0 Å². The molecule has 2 heterocycles. The molecule has 3 aromatic rings. The molecule has 0 saturated carbocycles. The molecule has 0 bridgehead atoms. The number of benzene rings is 1. The molecule has 4 aliphatic rings. The average molecular weight is 395 g/mol. The second-order valence-electron chi connectivity index (χ2n) is 9.78. The third-order valence-electron chi connectivity index (χ3n) is 8.06. The molecule has 0 saturated heterocycles. The summed E-state index contributed by atoms with van der Waals surface area (Å²) in [6, 6.07) is 14.7. The molecule has 150 valence electrons. The zero-order valence-corrected chi connectivity index (χ0v) is 17.8.